The highest BCUT2D eigenvalue weighted by Gasteiger charge is 2.25. The standard InChI is InChI=1S/C17H21ClN4O2/c1-3-21-11-14(10-19-21)13-4-6-20(7-5-13)17-12(2)8-15(22(23)24)9-16(17)18/h8-11,13H,3-7H2,1-2H3. The normalized spacial score (nSPS) is 15.7. The van der Waals surface area contributed by atoms with E-state index in [2.05, 4.69) is 23.1 Å². The first-order valence-electron chi connectivity index (χ1n) is 8.21. The zero-order valence-electron chi connectivity index (χ0n) is 13.9. The lowest BCUT2D eigenvalue weighted by Gasteiger charge is -2.34. The summed E-state index contributed by atoms with van der Waals surface area (Å²) in [5.74, 6) is 0.513. The summed E-state index contributed by atoms with van der Waals surface area (Å²) in [6.07, 6.45) is 6.16. The molecule has 1 saturated heterocycles. The average Bonchev–Trinajstić information content (AvgIpc) is 3.04. The Morgan fingerprint density at radius 3 is 2.62 bits per heavy atom. The van der Waals surface area contributed by atoms with Gasteiger partial charge in [-0.25, -0.2) is 0 Å². The van der Waals surface area contributed by atoms with Gasteiger partial charge in [-0.15, -0.1) is 0 Å². The maximum absolute atomic E-state index is 10.9. The van der Waals surface area contributed by atoms with E-state index in [1.807, 2.05) is 17.8 Å². The molecule has 1 aliphatic heterocycles. The number of nitro benzene ring substituents is 1. The van der Waals surface area contributed by atoms with E-state index >= 15 is 0 Å². The van der Waals surface area contributed by atoms with Crippen LogP contribution in [-0.2, 0) is 6.54 Å². The molecule has 3 rings (SSSR count). The van der Waals surface area contributed by atoms with Gasteiger partial charge in [0.1, 0.15) is 0 Å². The minimum Gasteiger partial charge on any atom is -0.370 e. The number of anilines is 1. The quantitative estimate of drug-likeness (QED) is 0.614. The lowest BCUT2D eigenvalue weighted by molar-refractivity contribution is -0.384. The fourth-order valence-corrected chi connectivity index (χ4v) is 3.80. The highest BCUT2D eigenvalue weighted by molar-refractivity contribution is 6.33. The second kappa shape index (κ2) is 6.81. The van der Waals surface area contributed by atoms with Crippen molar-refractivity contribution in [3.05, 3.63) is 50.8 Å². The molecule has 0 N–H and O–H groups in total. The number of aromatic nitrogens is 2. The molecule has 0 radical (unpaired) electrons. The van der Waals surface area contributed by atoms with Crippen molar-refractivity contribution in [3.63, 3.8) is 0 Å². The molecule has 1 aliphatic rings. The van der Waals surface area contributed by atoms with Crippen LogP contribution in [0.1, 0.15) is 36.8 Å². The van der Waals surface area contributed by atoms with Crippen LogP contribution < -0.4 is 4.90 Å². The molecule has 0 atom stereocenters. The number of halogens is 1. The molecule has 128 valence electrons. The van der Waals surface area contributed by atoms with Gasteiger partial charge in [0.2, 0.25) is 0 Å². The van der Waals surface area contributed by atoms with Crippen LogP contribution in [0.5, 0.6) is 0 Å². The Labute approximate surface area is 146 Å². The molecule has 2 aromatic rings. The Morgan fingerprint density at radius 2 is 2.08 bits per heavy atom. The number of non-ortho nitro benzene ring substituents is 1. The Kier molecular flexibility index (Phi) is 4.76. The molecular weight excluding hydrogens is 328 g/mol. The van der Waals surface area contributed by atoms with E-state index in [0.29, 0.717) is 10.9 Å². The first kappa shape index (κ1) is 16.8. The fourth-order valence-electron chi connectivity index (χ4n) is 3.42. The van der Waals surface area contributed by atoms with Crippen molar-refractivity contribution in [3.8, 4) is 0 Å². The van der Waals surface area contributed by atoms with E-state index in [-0.39, 0.29) is 5.69 Å². The van der Waals surface area contributed by atoms with Crippen molar-refractivity contribution in [1.82, 2.24) is 9.78 Å². The topological polar surface area (TPSA) is 64.2 Å². The van der Waals surface area contributed by atoms with E-state index in [4.69, 9.17) is 11.6 Å². The number of hydrogen-bond donors (Lipinski definition) is 0. The number of aryl methyl sites for hydroxylation is 2. The molecule has 0 saturated carbocycles. The van der Waals surface area contributed by atoms with Gasteiger partial charge in [0.25, 0.3) is 5.69 Å². The predicted molar refractivity (Wildman–Crippen MR) is 94.9 cm³/mol. The summed E-state index contributed by atoms with van der Waals surface area (Å²) in [7, 11) is 0. The first-order chi connectivity index (χ1) is 11.5. The first-order valence-corrected chi connectivity index (χ1v) is 8.59. The Bertz CT molecular complexity index is 728. The molecule has 0 amide bonds. The van der Waals surface area contributed by atoms with Crippen molar-refractivity contribution >= 4 is 23.0 Å². The van der Waals surface area contributed by atoms with Gasteiger partial charge in [-0.2, -0.15) is 5.10 Å². The van der Waals surface area contributed by atoms with Crippen molar-refractivity contribution in [1.29, 1.82) is 0 Å². The molecule has 1 aromatic heterocycles. The van der Waals surface area contributed by atoms with Crippen LogP contribution in [0.2, 0.25) is 5.02 Å². The lowest BCUT2D eigenvalue weighted by atomic mass is 9.91. The summed E-state index contributed by atoms with van der Waals surface area (Å²) < 4.78 is 1.96. The van der Waals surface area contributed by atoms with Crippen LogP contribution >= 0.6 is 11.6 Å². The number of rotatable bonds is 4. The second-order valence-corrected chi connectivity index (χ2v) is 6.65. The fraction of sp³-hybridized carbons (Fsp3) is 0.471. The maximum atomic E-state index is 10.9. The number of benzene rings is 1. The summed E-state index contributed by atoms with van der Waals surface area (Å²) >= 11 is 6.33. The third kappa shape index (κ3) is 3.24. The second-order valence-electron chi connectivity index (χ2n) is 6.24. The minimum absolute atomic E-state index is 0.0446. The van der Waals surface area contributed by atoms with E-state index in [9.17, 15) is 10.1 Å². The smallest absolute Gasteiger partial charge is 0.271 e. The SMILES string of the molecule is CCn1cc(C2CCN(c3c(C)cc([N+](=O)[O-])cc3Cl)CC2)cn1. The Balaban J connectivity index is 1.74. The third-order valence-corrected chi connectivity index (χ3v) is 5.00. The summed E-state index contributed by atoms with van der Waals surface area (Å²) in [5, 5.41) is 15.8. The van der Waals surface area contributed by atoms with Gasteiger partial charge in [-0.3, -0.25) is 14.8 Å². The van der Waals surface area contributed by atoms with Crippen LogP contribution in [-0.4, -0.2) is 27.8 Å². The highest BCUT2D eigenvalue weighted by atomic mass is 35.5. The third-order valence-electron chi connectivity index (χ3n) is 4.71. The van der Waals surface area contributed by atoms with E-state index < -0.39 is 4.92 Å². The predicted octanol–water partition coefficient (Wildman–Crippen LogP) is 4.16. The molecular formula is C17H21ClN4O2. The lowest BCUT2D eigenvalue weighted by Crippen LogP contribution is -2.33. The summed E-state index contributed by atoms with van der Waals surface area (Å²) in [5.41, 5.74) is 3.11. The van der Waals surface area contributed by atoms with Gasteiger partial charge in [0, 0.05) is 38.0 Å². The summed E-state index contributed by atoms with van der Waals surface area (Å²) in [4.78, 5) is 12.8. The average molecular weight is 349 g/mol. The van der Waals surface area contributed by atoms with Crippen LogP contribution in [0, 0.1) is 17.0 Å². The largest absolute Gasteiger partial charge is 0.370 e. The van der Waals surface area contributed by atoms with Crippen molar-refractivity contribution < 1.29 is 4.92 Å². The maximum Gasteiger partial charge on any atom is 0.271 e. The number of nitrogens with zero attached hydrogens (tertiary/aromatic N) is 4. The van der Waals surface area contributed by atoms with Gasteiger partial charge in [0.15, 0.2) is 0 Å². The molecule has 2 heterocycles. The van der Waals surface area contributed by atoms with Crippen LogP contribution in [0.3, 0.4) is 0 Å². The number of hydrogen-bond acceptors (Lipinski definition) is 4. The monoisotopic (exact) mass is 348 g/mol. The Morgan fingerprint density at radius 1 is 1.38 bits per heavy atom. The number of nitro groups is 1. The minimum atomic E-state index is -0.403. The molecule has 0 unspecified atom stereocenters. The van der Waals surface area contributed by atoms with Gasteiger partial charge < -0.3 is 4.90 Å². The zero-order valence-corrected chi connectivity index (χ0v) is 14.7. The molecule has 0 spiro atoms. The Hall–Kier alpha value is -2.08. The highest BCUT2D eigenvalue weighted by Crippen LogP contribution is 2.37. The van der Waals surface area contributed by atoms with Crippen molar-refractivity contribution in [2.45, 2.75) is 39.2 Å². The van der Waals surface area contributed by atoms with Gasteiger partial charge >= 0.3 is 0 Å². The van der Waals surface area contributed by atoms with Crippen LogP contribution in [0.15, 0.2) is 24.5 Å². The van der Waals surface area contributed by atoms with Gasteiger partial charge in [-0.05, 0) is 43.7 Å². The molecule has 1 fully saturated rings. The molecule has 0 bridgehead atoms. The van der Waals surface area contributed by atoms with E-state index in [1.54, 1.807) is 6.07 Å². The van der Waals surface area contributed by atoms with Gasteiger partial charge in [-0.1, -0.05) is 11.6 Å². The molecule has 24 heavy (non-hydrogen) atoms. The van der Waals surface area contributed by atoms with Crippen LogP contribution in [0.25, 0.3) is 0 Å². The van der Waals surface area contributed by atoms with Crippen molar-refractivity contribution in [2.75, 3.05) is 18.0 Å². The molecule has 6 nitrogen and oxygen atoms in total. The van der Waals surface area contributed by atoms with Crippen molar-refractivity contribution in [2.24, 2.45) is 0 Å². The van der Waals surface area contributed by atoms with Crippen LogP contribution in [0.4, 0.5) is 11.4 Å². The van der Waals surface area contributed by atoms with E-state index in [1.165, 1.54) is 11.6 Å². The van der Waals surface area contributed by atoms with E-state index in [0.717, 1.165) is 43.7 Å². The van der Waals surface area contributed by atoms with Gasteiger partial charge in [0.05, 0.1) is 21.8 Å². The summed E-state index contributed by atoms with van der Waals surface area (Å²) in [6.45, 7) is 6.63. The molecule has 0 aliphatic carbocycles. The molecule has 1 aromatic carbocycles. The summed E-state index contributed by atoms with van der Waals surface area (Å²) in [6, 6.07) is 3.04. The number of piperidine rings is 1. The zero-order chi connectivity index (χ0) is 17.3. The molecule has 7 heteroatoms.